The second-order valence-corrected chi connectivity index (χ2v) is 1.52. The van der Waals surface area contributed by atoms with Gasteiger partial charge in [0, 0.05) is 65.6 Å². The third-order valence-corrected chi connectivity index (χ3v) is 0.812. The zero-order chi connectivity index (χ0) is 19.1. The number of hydrogen-bond acceptors (Lipinski definition) is 8. The Morgan fingerprint density at radius 1 is 0.577 bits per heavy atom. The largest absolute Gasteiger partial charge is 0.573 e. The van der Waals surface area contributed by atoms with Crippen molar-refractivity contribution < 1.29 is 80.6 Å². The molecule has 0 atom stereocenters. The molecule has 2 aromatic heterocycles. The Morgan fingerprint density at radius 3 is 0.808 bits per heavy atom. The first-order valence-corrected chi connectivity index (χ1v) is 4.11. The van der Waals surface area contributed by atoms with Gasteiger partial charge in [-0.2, -0.15) is 0 Å². The maximum atomic E-state index is 7.75. The van der Waals surface area contributed by atoms with Crippen LogP contribution >= 0.6 is 0 Å². The predicted molar refractivity (Wildman–Crippen MR) is 79.6 cm³/mol. The van der Waals surface area contributed by atoms with E-state index < -0.39 is 0 Å². The first-order chi connectivity index (χ1) is 11.0. The normalized spacial score (nSPS) is 4.00. The molecule has 14 heteroatoms. The molecule has 0 aliphatic carbocycles. The Labute approximate surface area is 178 Å². The van der Waals surface area contributed by atoms with Crippen LogP contribution in [0.15, 0.2) is 37.4 Å². The molecule has 2 heterocycles. The summed E-state index contributed by atoms with van der Waals surface area (Å²) in [6, 6.07) is 0. The van der Waals surface area contributed by atoms with Gasteiger partial charge >= 0.3 is 0 Å². The number of H-pyrrole nitrogens is 2. The predicted octanol–water partition coefficient (Wildman–Crippen LogP) is -3.09. The molecule has 0 saturated heterocycles. The maximum Gasteiger partial charge on any atom is 0.0919 e. The first kappa shape index (κ1) is 65.1. The molecule has 2 aromatic rings. The fourth-order valence-corrected chi connectivity index (χ4v) is 0.430. The fraction of sp³-hybridized carbons (Fsp3) is 0. The summed E-state index contributed by atoms with van der Waals surface area (Å²) < 4.78 is 0. The second-order valence-electron chi connectivity index (χ2n) is 1.52. The van der Waals surface area contributed by atoms with Crippen molar-refractivity contribution in [2.75, 3.05) is 0 Å². The summed E-state index contributed by atoms with van der Waals surface area (Å²) in [7, 11) is 0. The maximum absolute atomic E-state index is 7.75. The second kappa shape index (κ2) is 181. The molecule has 0 bridgehead atoms. The summed E-state index contributed by atoms with van der Waals surface area (Å²) in [5, 5.41) is 0. The third-order valence-electron chi connectivity index (χ3n) is 0.812. The summed E-state index contributed by atoms with van der Waals surface area (Å²) in [5.74, 6) is 0. The molecule has 0 aliphatic heterocycles. The van der Waals surface area contributed by atoms with E-state index in [-0.39, 0.29) is 51.8 Å². The zero-order valence-corrected chi connectivity index (χ0v) is 18.1. The number of rotatable bonds is 0. The van der Waals surface area contributed by atoms with Crippen LogP contribution in [0.1, 0.15) is 0 Å². The standard InChI is InChI=1S/2C3H4N2.CHO.5CO.2H2O.2Re/c2*1-2-5-3-4-1;6*1-2;;;;/h2*1-3H,(H,4,5);1H;;;;;;2*1H2;;/q;;6*-1;;;;. The van der Waals surface area contributed by atoms with Crippen molar-refractivity contribution in [2.45, 2.75) is 0 Å². The average molecular weight is 714 g/mol. The Hall–Kier alpha value is -2.32. The Morgan fingerprint density at radius 2 is 0.769 bits per heavy atom. The van der Waals surface area contributed by atoms with Gasteiger partial charge in [0.15, 0.2) is 0 Å². The van der Waals surface area contributed by atoms with Crippen LogP contribution in [0.25, 0.3) is 0 Å². The van der Waals surface area contributed by atoms with Crippen molar-refractivity contribution in [1.82, 2.24) is 19.9 Å². The van der Waals surface area contributed by atoms with Crippen LogP contribution in [0, 0.1) is 0 Å². The van der Waals surface area contributed by atoms with Crippen LogP contribution < -0.4 is 0 Å². The van der Waals surface area contributed by atoms with Crippen molar-refractivity contribution in [3.8, 4) is 0 Å². The van der Waals surface area contributed by atoms with E-state index in [1.807, 2.05) is 0 Å². The molecule has 0 aliphatic rings. The third kappa shape index (κ3) is 157. The molecule has 0 saturated carbocycles. The number of aromatic amines is 2. The van der Waals surface area contributed by atoms with E-state index in [2.05, 4.69) is 60.7 Å². The molecule has 149 valence electrons. The van der Waals surface area contributed by atoms with E-state index in [0.29, 0.717) is 0 Å². The number of carbonyl (C=O) groups excluding carboxylic acids is 6. The van der Waals surface area contributed by atoms with Gasteiger partial charge < -0.3 is 83.6 Å². The molecular weight excluding hydrogens is 701 g/mol. The van der Waals surface area contributed by atoms with Gasteiger partial charge in [0.05, 0.1) is 12.7 Å². The summed E-state index contributed by atoms with van der Waals surface area (Å²) in [6.07, 6.45) is 10.2. The van der Waals surface area contributed by atoms with Crippen LogP contribution in [-0.2, 0) is 69.6 Å². The van der Waals surface area contributed by atoms with Crippen molar-refractivity contribution in [3.63, 3.8) is 0 Å². The molecular formula is C12H13N4O8Re2-6. The van der Waals surface area contributed by atoms with E-state index in [0.717, 1.165) is 0 Å². The van der Waals surface area contributed by atoms with Crippen LogP contribution in [0.5, 0.6) is 0 Å². The van der Waals surface area contributed by atoms with Crippen LogP contribution in [0.3, 0.4) is 0 Å². The summed E-state index contributed by atoms with van der Waals surface area (Å²) in [5.41, 5.74) is 0. The van der Waals surface area contributed by atoms with Crippen LogP contribution in [0.4, 0.5) is 0 Å². The summed E-state index contributed by atoms with van der Waals surface area (Å²) in [4.78, 5) is 58.1. The zero-order valence-electron chi connectivity index (χ0n) is 12.6. The minimum atomic E-state index is 0. The van der Waals surface area contributed by atoms with Gasteiger partial charge in [0.2, 0.25) is 0 Å². The molecule has 6 N–H and O–H groups in total. The minimum absolute atomic E-state index is 0. The van der Waals surface area contributed by atoms with Gasteiger partial charge in [0.25, 0.3) is 0 Å². The van der Waals surface area contributed by atoms with Crippen molar-refractivity contribution >= 4 is 40.7 Å². The van der Waals surface area contributed by atoms with E-state index in [9.17, 15) is 0 Å². The minimum Gasteiger partial charge on any atom is -0.573 e. The smallest absolute Gasteiger partial charge is 0.0919 e. The summed E-state index contributed by atoms with van der Waals surface area (Å²) in [6.45, 7) is 25.8. The molecule has 0 unspecified atom stereocenters. The van der Waals surface area contributed by atoms with Gasteiger partial charge in [-0.25, -0.2) is 9.97 Å². The van der Waals surface area contributed by atoms with E-state index >= 15 is 0 Å². The Kier molecular flexibility index (Phi) is 452. The number of hydrogen-bond donors (Lipinski definition) is 2. The van der Waals surface area contributed by atoms with Gasteiger partial charge in [-0.3, -0.25) is 6.79 Å². The van der Waals surface area contributed by atoms with Crippen molar-refractivity contribution in [2.24, 2.45) is 0 Å². The van der Waals surface area contributed by atoms with Crippen LogP contribution in [-0.4, -0.2) is 71.6 Å². The van der Waals surface area contributed by atoms with Gasteiger partial charge in [-0.05, 0) is 0 Å². The molecule has 26 heavy (non-hydrogen) atoms. The van der Waals surface area contributed by atoms with Crippen LogP contribution in [0.2, 0.25) is 0 Å². The molecule has 0 spiro atoms. The van der Waals surface area contributed by atoms with E-state index in [4.69, 9.17) is 28.8 Å². The Bertz CT molecular complexity index is 245. The molecule has 0 aromatic carbocycles. The molecule has 2 rings (SSSR count). The first-order valence-electron chi connectivity index (χ1n) is 4.11. The number of nitrogens with one attached hydrogen (secondary N) is 2. The molecule has 0 fully saturated rings. The topological polar surface area (TPSA) is 223 Å². The fourth-order valence-electron chi connectivity index (χ4n) is 0.430. The van der Waals surface area contributed by atoms with E-state index in [1.165, 1.54) is 0 Å². The Balaban J connectivity index is -0.0000000145. The average Bonchev–Trinajstić information content (AvgIpc) is 3.43. The molecule has 0 amide bonds. The van der Waals surface area contributed by atoms with Gasteiger partial charge in [0.1, 0.15) is 0 Å². The van der Waals surface area contributed by atoms with Crippen molar-refractivity contribution in [1.29, 1.82) is 0 Å². The number of aromatic nitrogens is 4. The number of nitrogens with zero attached hydrogens (tertiary/aromatic N) is 2. The van der Waals surface area contributed by atoms with E-state index in [1.54, 1.807) is 37.4 Å². The van der Waals surface area contributed by atoms with Crippen molar-refractivity contribution in [3.05, 3.63) is 37.4 Å². The number of imidazole rings is 2. The molecule has 7 radical (unpaired) electrons. The van der Waals surface area contributed by atoms with Gasteiger partial charge in [-0.1, -0.05) is 0 Å². The SMILES string of the molecule is O.O.[C-]=O.[C-]=O.[C-]=O.[C-]=O.[C-]=O.[CH-]=O.[Re].[Re].c1c[nH]cn1.c1c[nH]cn1. The summed E-state index contributed by atoms with van der Waals surface area (Å²) >= 11 is 0. The monoisotopic (exact) mass is 715 g/mol. The van der Waals surface area contributed by atoms with Gasteiger partial charge in [-0.15, -0.1) is 0 Å². The quantitative estimate of drug-likeness (QED) is 0.210. The molecule has 12 nitrogen and oxygen atoms in total.